The second-order valence-corrected chi connectivity index (χ2v) is 8.18. The van der Waals surface area contributed by atoms with Crippen LogP contribution in [0, 0.1) is 13.8 Å². The summed E-state index contributed by atoms with van der Waals surface area (Å²) in [7, 11) is 0. The molecule has 162 valence electrons. The number of hydrogen-bond donors (Lipinski definition) is 3. The number of rotatable bonds is 4. The smallest absolute Gasteiger partial charge is 0.256 e. The summed E-state index contributed by atoms with van der Waals surface area (Å²) >= 11 is 0. The van der Waals surface area contributed by atoms with Crippen LogP contribution in [0.15, 0.2) is 48.9 Å². The Balaban J connectivity index is 1.52. The van der Waals surface area contributed by atoms with Crippen molar-refractivity contribution in [3.63, 3.8) is 0 Å². The van der Waals surface area contributed by atoms with Gasteiger partial charge in [0.1, 0.15) is 23.6 Å². The number of fused-ring (bicyclic) bond motifs is 1. The summed E-state index contributed by atoms with van der Waals surface area (Å²) < 4.78 is 2.27. The Kier molecular flexibility index (Phi) is 5.07. The number of carbonyl (C=O) groups excluding carboxylic acids is 1. The van der Waals surface area contributed by atoms with Crippen LogP contribution in [0.1, 0.15) is 34.1 Å². The van der Waals surface area contributed by atoms with Crippen LogP contribution in [-0.2, 0) is 0 Å². The first-order chi connectivity index (χ1) is 15.5. The second kappa shape index (κ2) is 8.05. The monoisotopic (exact) mass is 427 g/mol. The lowest BCUT2D eigenvalue weighted by atomic mass is 10.0. The number of nitrogens with two attached hydrogens (primary N) is 1. The fourth-order valence-electron chi connectivity index (χ4n) is 4.51. The van der Waals surface area contributed by atoms with Gasteiger partial charge in [0.15, 0.2) is 0 Å². The summed E-state index contributed by atoms with van der Waals surface area (Å²) in [6.07, 6.45) is 4.24. The summed E-state index contributed by atoms with van der Waals surface area (Å²) in [5, 5.41) is 7.13. The lowest BCUT2D eigenvalue weighted by molar-refractivity contribution is 0.102. The Bertz CT molecular complexity index is 1300. The van der Waals surface area contributed by atoms with E-state index in [0.717, 1.165) is 52.9 Å². The highest BCUT2D eigenvalue weighted by atomic mass is 16.1. The normalized spacial score (nSPS) is 15.9. The lowest BCUT2D eigenvalue weighted by Crippen LogP contribution is -2.15. The highest BCUT2D eigenvalue weighted by molar-refractivity contribution is 6.05. The molecule has 8 heteroatoms. The van der Waals surface area contributed by atoms with Crippen LogP contribution < -0.4 is 16.4 Å². The highest BCUT2D eigenvalue weighted by Gasteiger charge is 2.26. The molecule has 1 atom stereocenters. The SMILES string of the molecule is Cc1ccnc(NC(=O)c2ccc(-c3c(C)n([C@@H]4CCNC4)c4ncnc(N)c34)cc2)c1. The zero-order valence-electron chi connectivity index (χ0n) is 18.1. The van der Waals surface area contributed by atoms with Gasteiger partial charge in [0, 0.05) is 35.6 Å². The van der Waals surface area contributed by atoms with E-state index >= 15 is 0 Å². The van der Waals surface area contributed by atoms with E-state index in [1.165, 1.54) is 6.33 Å². The molecule has 3 aromatic heterocycles. The van der Waals surface area contributed by atoms with Gasteiger partial charge < -0.3 is 20.9 Å². The van der Waals surface area contributed by atoms with Crippen LogP contribution in [0.2, 0.25) is 0 Å². The Hall–Kier alpha value is -3.78. The molecular formula is C24H25N7O. The standard InChI is InChI=1S/C24H25N7O/c1-14-7-10-27-19(11-14)30-24(32)17-5-3-16(4-6-17)20-15(2)31(18-8-9-26-12-18)23-21(20)22(25)28-13-29-23/h3-7,10-11,13,18,26H,8-9,12H2,1-2H3,(H2,25,28,29)(H,27,30,32)/t18-/m1/s1. The minimum atomic E-state index is -0.200. The lowest BCUT2D eigenvalue weighted by Gasteiger charge is -2.15. The van der Waals surface area contributed by atoms with Gasteiger partial charge in [0.2, 0.25) is 0 Å². The molecule has 0 spiro atoms. The van der Waals surface area contributed by atoms with E-state index in [2.05, 4.69) is 37.1 Å². The Morgan fingerprint density at radius 1 is 1.16 bits per heavy atom. The van der Waals surface area contributed by atoms with E-state index in [-0.39, 0.29) is 5.91 Å². The number of nitrogen functional groups attached to an aromatic ring is 1. The van der Waals surface area contributed by atoms with Gasteiger partial charge in [-0.05, 0) is 62.2 Å². The molecule has 1 aliphatic heterocycles. The first kappa shape index (κ1) is 20.1. The molecule has 0 bridgehead atoms. The van der Waals surface area contributed by atoms with E-state index in [9.17, 15) is 4.79 Å². The summed E-state index contributed by atoms with van der Waals surface area (Å²) in [6.45, 7) is 5.94. The molecule has 4 N–H and O–H groups in total. The van der Waals surface area contributed by atoms with Crippen molar-refractivity contribution in [3.05, 3.63) is 65.7 Å². The van der Waals surface area contributed by atoms with E-state index < -0.39 is 0 Å². The van der Waals surface area contributed by atoms with Crippen molar-refractivity contribution in [2.24, 2.45) is 0 Å². The van der Waals surface area contributed by atoms with E-state index in [0.29, 0.717) is 23.2 Å². The molecular weight excluding hydrogens is 402 g/mol. The van der Waals surface area contributed by atoms with Crippen molar-refractivity contribution >= 4 is 28.6 Å². The van der Waals surface area contributed by atoms with Crippen molar-refractivity contribution in [1.82, 2.24) is 24.8 Å². The summed E-state index contributed by atoms with van der Waals surface area (Å²) in [6, 6.07) is 11.6. The molecule has 4 aromatic rings. The minimum absolute atomic E-state index is 0.200. The summed E-state index contributed by atoms with van der Waals surface area (Å²) in [5.41, 5.74) is 11.8. The average Bonchev–Trinajstić information content (AvgIpc) is 3.40. The predicted octanol–water partition coefficient (Wildman–Crippen LogP) is 3.48. The fraction of sp³-hybridized carbons (Fsp3) is 0.250. The Morgan fingerprint density at radius 3 is 2.69 bits per heavy atom. The quantitative estimate of drug-likeness (QED) is 0.460. The zero-order valence-corrected chi connectivity index (χ0v) is 18.1. The molecule has 0 saturated carbocycles. The van der Waals surface area contributed by atoms with Gasteiger partial charge in [-0.2, -0.15) is 0 Å². The van der Waals surface area contributed by atoms with Crippen molar-refractivity contribution in [2.75, 3.05) is 24.1 Å². The van der Waals surface area contributed by atoms with Gasteiger partial charge in [-0.3, -0.25) is 4.79 Å². The number of aryl methyl sites for hydroxylation is 1. The second-order valence-electron chi connectivity index (χ2n) is 8.18. The molecule has 0 unspecified atom stereocenters. The van der Waals surface area contributed by atoms with Crippen LogP contribution >= 0.6 is 0 Å². The molecule has 1 aliphatic rings. The largest absolute Gasteiger partial charge is 0.383 e. The predicted molar refractivity (Wildman–Crippen MR) is 126 cm³/mol. The zero-order chi connectivity index (χ0) is 22.2. The number of anilines is 2. The first-order valence-electron chi connectivity index (χ1n) is 10.7. The van der Waals surface area contributed by atoms with Gasteiger partial charge in [0.05, 0.1) is 5.39 Å². The van der Waals surface area contributed by atoms with E-state index in [4.69, 9.17) is 5.73 Å². The Labute approximate surface area is 185 Å². The van der Waals surface area contributed by atoms with Crippen molar-refractivity contribution in [3.8, 4) is 11.1 Å². The summed E-state index contributed by atoms with van der Waals surface area (Å²) in [4.78, 5) is 25.7. The molecule has 8 nitrogen and oxygen atoms in total. The van der Waals surface area contributed by atoms with Crippen LogP contribution in [0.5, 0.6) is 0 Å². The fourth-order valence-corrected chi connectivity index (χ4v) is 4.51. The molecule has 4 heterocycles. The molecule has 32 heavy (non-hydrogen) atoms. The average molecular weight is 428 g/mol. The highest BCUT2D eigenvalue weighted by Crippen LogP contribution is 2.39. The number of nitrogens with zero attached hydrogens (tertiary/aromatic N) is 4. The number of hydrogen-bond acceptors (Lipinski definition) is 6. The van der Waals surface area contributed by atoms with Gasteiger partial charge in [-0.25, -0.2) is 15.0 Å². The van der Waals surface area contributed by atoms with Gasteiger partial charge in [-0.15, -0.1) is 0 Å². The minimum Gasteiger partial charge on any atom is -0.383 e. The topological polar surface area (TPSA) is 111 Å². The van der Waals surface area contributed by atoms with Gasteiger partial charge >= 0.3 is 0 Å². The van der Waals surface area contributed by atoms with E-state index in [1.54, 1.807) is 6.20 Å². The van der Waals surface area contributed by atoms with Crippen molar-refractivity contribution in [2.45, 2.75) is 26.3 Å². The van der Waals surface area contributed by atoms with Gasteiger partial charge in [0.25, 0.3) is 5.91 Å². The third kappa shape index (κ3) is 3.48. The maximum atomic E-state index is 12.7. The van der Waals surface area contributed by atoms with Crippen LogP contribution in [-0.4, -0.2) is 38.5 Å². The summed E-state index contributed by atoms with van der Waals surface area (Å²) in [5.74, 6) is 0.798. The van der Waals surface area contributed by atoms with Gasteiger partial charge in [-0.1, -0.05) is 12.1 Å². The maximum absolute atomic E-state index is 12.7. The van der Waals surface area contributed by atoms with Crippen LogP contribution in [0.3, 0.4) is 0 Å². The number of pyridine rings is 1. The number of benzene rings is 1. The number of carbonyl (C=O) groups is 1. The molecule has 1 amide bonds. The van der Waals surface area contributed by atoms with Crippen molar-refractivity contribution in [1.29, 1.82) is 0 Å². The molecule has 0 radical (unpaired) electrons. The first-order valence-corrected chi connectivity index (χ1v) is 10.7. The molecule has 1 saturated heterocycles. The number of nitrogens with one attached hydrogen (secondary N) is 2. The molecule has 0 aliphatic carbocycles. The van der Waals surface area contributed by atoms with Crippen LogP contribution in [0.25, 0.3) is 22.2 Å². The molecule has 1 fully saturated rings. The molecule has 5 rings (SSSR count). The van der Waals surface area contributed by atoms with Crippen LogP contribution in [0.4, 0.5) is 11.6 Å². The Morgan fingerprint density at radius 2 is 1.97 bits per heavy atom. The third-order valence-corrected chi connectivity index (χ3v) is 6.05. The number of amides is 1. The number of aromatic nitrogens is 4. The van der Waals surface area contributed by atoms with Crippen molar-refractivity contribution < 1.29 is 4.79 Å². The third-order valence-electron chi connectivity index (χ3n) is 6.05. The molecule has 1 aromatic carbocycles. The maximum Gasteiger partial charge on any atom is 0.256 e. The van der Waals surface area contributed by atoms with E-state index in [1.807, 2.05) is 43.3 Å².